The molecule has 0 aromatic carbocycles. The minimum absolute atomic E-state index is 0.0311. The fourth-order valence-electron chi connectivity index (χ4n) is 2.93. The maximum atomic E-state index is 10.5. The summed E-state index contributed by atoms with van der Waals surface area (Å²) in [7, 11) is 0. The van der Waals surface area contributed by atoms with Crippen LogP contribution in [0.1, 0.15) is 40.0 Å². The highest BCUT2D eigenvalue weighted by Gasteiger charge is 2.50. The summed E-state index contributed by atoms with van der Waals surface area (Å²) in [5.74, 6) is 0.832. The third kappa shape index (κ3) is 1.44. The SMILES string of the molecule is C[C@@H]1CC[C@H]2C(C)(C)NC=N[C@]2(O)C1. The van der Waals surface area contributed by atoms with Crippen molar-refractivity contribution in [3.05, 3.63) is 0 Å². The maximum absolute atomic E-state index is 10.5. The number of fused-ring (bicyclic) bond motifs is 1. The zero-order valence-electron chi connectivity index (χ0n) is 9.25. The quantitative estimate of drug-likeness (QED) is 0.617. The molecule has 14 heavy (non-hydrogen) atoms. The van der Waals surface area contributed by atoms with E-state index in [1.165, 1.54) is 6.42 Å². The Labute approximate surface area is 85.6 Å². The second kappa shape index (κ2) is 2.96. The van der Waals surface area contributed by atoms with Crippen LogP contribution >= 0.6 is 0 Å². The van der Waals surface area contributed by atoms with Gasteiger partial charge in [-0.15, -0.1) is 0 Å². The number of rotatable bonds is 0. The van der Waals surface area contributed by atoms with Crippen molar-refractivity contribution >= 4 is 6.34 Å². The van der Waals surface area contributed by atoms with Crippen LogP contribution in [0, 0.1) is 11.8 Å². The molecule has 1 saturated carbocycles. The van der Waals surface area contributed by atoms with Gasteiger partial charge in [-0.2, -0.15) is 0 Å². The average molecular weight is 196 g/mol. The Hall–Kier alpha value is -0.570. The lowest BCUT2D eigenvalue weighted by Crippen LogP contribution is -2.60. The highest BCUT2D eigenvalue weighted by Crippen LogP contribution is 2.44. The van der Waals surface area contributed by atoms with Crippen molar-refractivity contribution in [2.24, 2.45) is 16.8 Å². The van der Waals surface area contributed by atoms with Crippen molar-refractivity contribution in [2.45, 2.75) is 51.3 Å². The van der Waals surface area contributed by atoms with Crippen LogP contribution in [0.5, 0.6) is 0 Å². The van der Waals surface area contributed by atoms with E-state index in [0.717, 1.165) is 12.8 Å². The summed E-state index contributed by atoms with van der Waals surface area (Å²) < 4.78 is 0. The lowest BCUT2D eigenvalue weighted by Gasteiger charge is -2.50. The van der Waals surface area contributed by atoms with Gasteiger partial charge >= 0.3 is 0 Å². The van der Waals surface area contributed by atoms with Gasteiger partial charge in [-0.05, 0) is 32.6 Å². The van der Waals surface area contributed by atoms with Gasteiger partial charge in [0.15, 0.2) is 5.72 Å². The summed E-state index contributed by atoms with van der Waals surface area (Å²) in [5.41, 5.74) is -0.844. The molecular weight excluding hydrogens is 176 g/mol. The van der Waals surface area contributed by atoms with Crippen LogP contribution in [0.15, 0.2) is 4.99 Å². The molecule has 2 aliphatic rings. The van der Waals surface area contributed by atoms with Crippen LogP contribution in [0.2, 0.25) is 0 Å². The molecule has 1 aliphatic carbocycles. The second-order valence-corrected chi connectivity index (χ2v) is 5.44. The molecule has 0 aromatic rings. The Kier molecular flexibility index (Phi) is 2.11. The third-order valence-electron chi connectivity index (χ3n) is 3.75. The Morgan fingerprint density at radius 3 is 2.86 bits per heavy atom. The number of hydrogen-bond acceptors (Lipinski definition) is 3. The van der Waals surface area contributed by atoms with Gasteiger partial charge in [0, 0.05) is 11.5 Å². The molecule has 0 unspecified atom stereocenters. The van der Waals surface area contributed by atoms with Gasteiger partial charge in [0.25, 0.3) is 0 Å². The van der Waals surface area contributed by atoms with Crippen LogP contribution in [0.25, 0.3) is 0 Å². The van der Waals surface area contributed by atoms with Gasteiger partial charge in [0.1, 0.15) is 0 Å². The predicted molar refractivity (Wildman–Crippen MR) is 57.2 cm³/mol. The van der Waals surface area contributed by atoms with Crippen molar-refractivity contribution in [3.63, 3.8) is 0 Å². The van der Waals surface area contributed by atoms with E-state index < -0.39 is 5.72 Å². The van der Waals surface area contributed by atoms with E-state index in [9.17, 15) is 5.11 Å². The van der Waals surface area contributed by atoms with Crippen molar-refractivity contribution in [2.75, 3.05) is 0 Å². The highest BCUT2D eigenvalue weighted by atomic mass is 16.3. The first-order valence-corrected chi connectivity index (χ1v) is 5.48. The van der Waals surface area contributed by atoms with Gasteiger partial charge in [0.05, 0.1) is 6.34 Å². The Bertz CT molecular complexity index is 262. The fraction of sp³-hybridized carbons (Fsp3) is 0.909. The maximum Gasteiger partial charge on any atom is 0.162 e. The lowest BCUT2D eigenvalue weighted by atomic mass is 9.67. The normalized spacial score (nSPS) is 45.4. The van der Waals surface area contributed by atoms with Gasteiger partial charge < -0.3 is 10.4 Å². The summed E-state index contributed by atoms with van der Waals surface area (Å²) in [6.45, 7) is 6.48. The van der Waals surface area contributed by atoms with E-state index in [2.05, 4.69) is 31.1 Å². The number of hydrogen-bond donors (Lipinski definition) is 2. The minimum atomic E-state index is -0.813. The molecule has 0 saturated heterocycles. The van der Waals surface area contributed by atoms with E-state index in [0.29, 0.717) is 5.92 Å². The lowest BCUT2D eigenvalue weighted by molar-refractivity contribution is -0.0888. The minimum Gasteiger partial charge on any atom is -0.371 e. The van der Waals surface area contributed by atoms with Gasteiger partial charge in [0.2, 0.25) is 0 Å². The average Bonchev–Trinajstić information content (AvgIpc) is 2.00. The van der Waals surface area contributed by atoms with Crippen LogP contribution in [-0.4, -0.2) is 22.7 Å². The molecule has 1 heterocycles. The van der Waals surface area contributed by atoms with Crippen LogP contribution in [0.3, 0.4) is 0 Å². The number of nitrogens with zero attached hydrogens (tertiary/aromatic N) is 1. The topological polar surface area (TPSA) is 44.6 Å². The number of nitrogens with one attached hydrogen (secondary N) is 1. The monoisotopic (exact) mass is 196 g/mol. The molecule has 2 N–H and O–H groups in total. The zero-order chi connectivity index (χ0) is 10.4. The molecule has 3 atom stereocenters. The molecule has 0 amide bonds. The van der Waals surface area contributed by atoms with E-state index in [1.807, 2.05) is 0 Å². The molecule has 1 fully saturated rings. The van der Waals surface area contributed by atoms with Crippen molar-refractivity contribution < 1.29 is 5.11 Å². The smallest absolute Gasteiger partial charge is 0.162 e. The molecule has 0 spiro atoms. The van der Waals surface area contributed by atoms with Crippen LogP contribution < -0.4 is 5.32 Å². The third-order valence-corrected chi connectivity index (χ3v) is 3.75. The first-order valence-electron chi connectivity index (χ1n) is 5.48. The molecule has 0 aromatic heterocycles. The summed E-state index contributed by atoms with van der Waals surface area (Å²) in [6.07, 6.45) is 4.75. The highest BCUT2D eigenvalue weighted by molar-refractivity contribution is 5.58. The Morgan fingerprint density at radius 2 is 2.14 bits per heavy atom. The molecule has 1 aliphatic heterocycles. The fourth-order valence-corrected chi connectivity index (χ4v) is 2.93. The first-order chi connectivity index (χ1) is 6.44. The van der Waals surface area contributed by atoms with E-state index >= 15 is 0 Å². The van der Waals surface area contributed by atoms with Crippen LogP contribution in [-0.2, 0) is 0 Å². The molecule has 2 rings (SSSR count). The largest absolute Gasteiger partial charge is 0.371 e. The summed E-state index contributed by atoms with van der Waals surface area (Å²) in [5, 5.41) is 13.7. The summed E-state index contributed by atoms with van der Waals surface area (Å²) >= 11 is 0. The molecule has 3 nitrogen and oxygen atoms in total. The van der Waals surface area contributed by atoms with Gasteiger partial charge in [-0.3, -0.25) is 0 Å². The predicted octanol–water partition coefficient (Wildman–Crippen LogP) is 1.52. The van der Waals surface area contributed by atoms with Gasteiger partial charge in [-0.25, -0.2) is 4.99 Å². The number of aliphatic hydroxyl groups is 1. The second-order valence-electron chi connectivity index (χ2n) is 5.44. The summed E-state index contributed by atoms with van der Waals surface area (Å²) in [6, 6.07) is 0. The van der Waals surface area contributed by atoms with Crippen molar-refractivity contribution in [1.29, 1.82) is 0 Å². The molecule has 0 radical (unpaired) electrons. The van der Waals surface area contributed by atoms with Gasteiger partial charge in [-0.1, -0.05) is 13.3 Å². The Balaban J connectivity index is 2.29. The van der Waals surface area contributed by atoms with E-state index in [-0.39, 0.29) is 11.5 Å². The van der Waals surface area contributed by atoms with Crippen molar-refractivity contribution in [1.82, 2.24) is 5.32 Å². The van der Waals surface area contributed by atoms with E-state index in [4.69, 9.17) is 0 Å². The van der Waals surface area contributed by atoms with E-state index in [1.54, 1.807) is 6.34 Å². The van der Waals surface area contributed by atoms with Crippen molar-refractivity contribution in [3.8, 4) is 0 Å². The molecular formula is C11H20N2O. The molecule has 80 valence electrons. The standard InChI is InChI=1S/C11H20N2O/c1-8-4-5-9-10(2,3)12-7-13-11(9,14)6-8/h7-9,14H,4-6H2,1-3H3,(H,12,13)/t8-,9+,11+/m1/s1. The zero-order valence-corrected chi connectivity index (χ0v) is 9.25. The summed E-state index contributed by atoms with van der Waals surface area (Å²) in [4.78, 5) is 4.25. The van der Waals surface area contributed by atoms with Crippen LogP contribution in [0.4, 0.5) is 0 Å². The first kappa shape index (κ1) is 9.97. The molecule has 3 heteroatoms. The molecule has 0 bridgehead atoms. The Morgan fingerprint density at radius 1 is 1.43 bits per heavy atom. The number of aliphatic imine (C=N–C) groups is 1.